The molecule has 2 heterocycles. The van der Waals surface area contributed by atoms with Crippen LogP contribution in [0.2, 0.25) is 5.02 Å². The highest BCUT2D eigenvalue weighted by Crippen LogP contribution is 2.23. The highest BCUT2D eigenvalue weighted by molar-refractivity contribution is 6.31. The van der Waals surface area contributed by atoms with E-state index >= 15 is 0 Å². The van der Waals surface area contributed by atoms with E-state index in [4.69, 9.17) is 11.6 Å². The molecule has 0 bridgehead atoms. The maximum Gasteiger partial charge on any atom is 0.124 e. The fourth-order valence-corrected chi connectivity index (χ4v) is 2.54. The van der Waals surface area contributed by atoms with Crippen LogP contribution in [0.25, 0.3) is 11.0 Å². The molecule has 110 valence electrons. The van der Waals surface area contributed by atoms with Gasteiger partial charge in [-0.15, -0.1) is 0 Å². The van der Waals surface area contributed by atoms with Crippen molar-refractivity contribution in [3.63, 3.8) is 0 Å². The number of aryl methyl sites for hydroxylation is 1. The number of imidazole rings is 2. The van der Waals surface area contributed by atoms with Crippen molar-refractivity contribution in [2.45, 2.75) is 26.4 Å². The number of hydrogen-bond donors (Lipinski definition) is 2. The summed E-state index contributed by atoms with van der Waals surface area (Å²) in [5.41, 5.74) is 3.00. The molecule has 0 aliphatic heterocycles. The van der Waals surface area contributed by atoms with Crippen LogP contribution < -0.4 is 0 Å². The summed E-state index contributed by atoms with van der Waals surface area (Å²) in [5, 5.41) is 0.714. The van der Waals surface area contributed by atoms with Gasteiger partial charge in [-0.05, 0) is 39.1 Å². The Morgan fingerprint density at radius 2 is 2.14 bits per heavy atom. The second-order valence-corrected chi connectivity index (χ2v) is 5.80. The first kappa shape index (κ1) is 14.1. The highest BCUT2D eigenvalue weighted by Gasteiger charge is 2.16. The van der Waals surface area contributed by atoms with E-state index in [1.807, 2.05) is 31.3 Å². The van der Waals surface area contributed by atoms with Gasteiger partial charge in [0.05, 0.1) is 17.1 Å². The van der Waals surface area contributed by atoms with Gasteiger partial charge in [-0.25, -0.2) is 9.97 Å². The second-order valence-electron chi connectivity index (χ2n) is 5.37. The van der Waals surface area contributed by atoms with E-state index in [2.05, 4.69) is 38.8 Å². The fraction of sp³-hybridized carbons (Fsp3) is 0.333. The summed E-state index contributed by atoms with van der Waals surface area (Å²) in [6, 6.07) is 5.86. The minimum Gasteiger partial charge on any atom is -0.345 e. The zero-order chi connectivity index (χ0) is 15.0. The summed E-state index contributed by atoms with van der Waals surface area (Å²) in [6.07, 6.45) is 1.87. The number of benzene rings is 1. The minimum atomic E-state index is 0.166. The van der Waals surface area contributed by atoms with Crippen LogP contribution in [0.15, 0.2) is 24.4 Å². The number of aromatic nitrogens is 4. The molecule has 0 aliphatic carbocycles. The number of halogens is 1. The summed E-state index contributed by atoms with van der Waals surface area (Å²) in [7, 11) is 2.07. The van der Waals surface area contributed by atoms with E-state index in [0.29, 0.717) is 5.02 Å². The van der Waals surface area contributed by atoms with Gasteiger partial charge in [0.1, 0.15) is 11.6 Å². The molecule has 0 saturated carbocycles. The van der Waals surface area contributed by atoms with Gasteiger partial charge < -0.3 is 9.97 Å². The van der Waals surface area contributed by atoms with Crippen molar-refractivity contribution < 1.29 is 0 Å². The smallest absolute Gasteiger partial charge is 0.124 e. The molecule has 0 fully saturated rings. The number of nitrogens with zero attached hydrogens (tertiary/aromatic N) is 3. The number of aromatic amines is 2. The SMILES string of the molecule is Cc1ncc(CN(C)C(C)c2nc3ccc(Cl)cc3[nH]2)[nH]1. The van der Waals surface area contributed by atoms with Gasteiger partial charge in [-0.3, -0.25) is 4.90 Å². The normalized spacial score (nSPS) is 13.2. The second kappa shape index (κ2) is 5.50. The van der Waals surface area contributed by atoms with Crippen LogP contribution in [-0.4, -0.2) is 31.9 Å². The van der Waals surface area contributed by atoms with E-state index in [9.17, 15) is 0 Å². The number of rotatable bonds is 4. The fourth-order valence-electron chi connectivity index (χ4n) is 2.37. The molecule has 0 spiro atoms. The Balaban J connectivity index is 1.80. The van der Waals surface area contributed by atoms with E-state index in [1.165, 1.54) is 0 Å². The van der Waals surface area contributed by atoms with Crippen molar-refractivity contribution in [1.29, 1.82) is 0 Å². The quantitative estimate of drug-likeness (QED) is 0.776. The van der Waals surface area contributed by atoms with Gasteiger partial charge in [0.15, 0.2) is 0 Å². The van der Waals surface area contributed by atoms with Gasteiger partial charge >= 0.3 is 0 Å². The van der Waals surface area contributed by atoms with Crippen LogP contribution in [0.1, 0.15) is 30.3 Å². The highest BCUT2D eigenvalue weighted by atomic mass is 35.5. The summed E-state index contributed by atoms with van der Waals surface area (Å²) in [4.78, 5) is 17.7. The van der Waals surface area contributed by atoms with Gasteiger partial charge in [0, 0.05) is 23.5 Å². The van der Waals surface area contributed by atoms with E-state index < -0.39 is 0 Å². The third-order valence-electron chi connectivity index (χ3n) is 3.69. The molecule has 0 aliphatic rings. The standard InChI is InChI=1S/C15H18ClN5/c1-9(21(3)8-12-7-17-10(2)18-12)15-19-13-5-4-11(16)6-14(13)20-15/h4-7,9H,8H2,1-3H3,(H,17,18)(H,19,20). The number of H-pyrrole nitrogens is 2. The molecule has 21 heavy (non-hydrogen) atoms. The van der Waals surface area contributed by atoms with Crippen molar-refractivity contribution in [1.82, 2.24) is 24.8 Å². The molecule has 1 atom stereocenters. The molecule has 3 aromatic rings. The van der Waals surface area contributed by atoms with Crippen LogP contribution in [0.5, 0.6) is 0 Å². The lowest BCUT2D eigenvalue weighted by molar-refractivity contribution is 0.242. The Morgan fingerprint density at radius 1 is 1.33 bits per heavy atom. The first-order chi connectivity index (χ1) is 10.0. The molecule has 0 saturated heterocycles. The third-order valence-corrected chi connectivity index (χ3v) is 3.93. The van der Waals surface area contributed by atoms with Crippen LogP contribution in [0, 0.1) is 6.92 Å². The van der Waals surface area contributed by atoms with Crippen LogP contribution in [-0.2, 0) is 6.54 Å². The lowest BCUT2D eigenvalue weighted by Gasteiger charge is -2.22. The maximum atomic E-state index is 6.01. The number of nitrogens with one attached hydrogen (secondary N) is 2. The lowest BCUT2D eigenvalue weighted by Crippen LogP contribution is -2.23. The Hall–Kier alpha value is -1.85. The molecule has 2 N–H and O–H groups in total. The average Bonchev–Trinajstić information content (AvgIpc) is 3.03. The van der Waals surface area contributed by atoms with E-state index in [-0.39, 0.29) is 6.04 Å². The molecule has 6 heteroatoms. The van der Waals surface area contributed by atoms with Crippen molar-refractivity contribution in [2.24, 2.45) is 0 Å². The zero-order valence-corrected chi connectivity index (χ0v) is 13.1. The summed E-state index contributed by atoms with van der Waals surface area (Å²) < 4.78 is 0. The molecular weight excluding hydrogens is 286 g/mol. The lowest BCUT2D eigenvalue weighted by atomic mass is 10.2. The van der Waals surface area contributed by atoms with Gasteiger partial charge in [-0.2, -0.15) is 0 Å². The largest absolute Gasteiger partial charge is 0.345 e. The first-order valence-corrected chi connectivity index (χ1v) is 7.26. The molecule has 1 unspecified atom stereocenters. The molecule has 0 amide bonds. The Morgan fingerprint density at radius 3 is 2.86 bits per heavy atom. The summed E-state index contributed by atoms with van der Waals surface area (Å²) in [5.74, 6) is 1.87. The average molecular weight is 304 g/mol. The van der Waals surface area contributed by atoms with Crippen molar-refractivity contribution in [2.75, 3.05) is 7.05 Å². The van der Waals surface area contributed by atoms with Gasteiger partial charge in [0.2, 0.25) is 0 Å². The predicted octanol–water partition coefficient (Wildman–Crippen LogP) is 3.44. The van der Waals surface area contributed by atoms with Crippen LogP contribution in [0.3, 0.4) is 0 Å². The minimum absolute atomic E-state index is 0.166. The molecule has 0 radical (unpaired) electrons. The molecule has 2 aromatic heterocycles. The predicted molar refractivity (Wildman–Crippen MR) is 84.3 cm³/mol. The Kier molecular flexibility index (Phi) is 3.69. The monoisotopic (exact) mass is 303 g/mol. The topological polar surface area (TPSA) is 60.6 Å². The molecular formula is C15H18ClN5. The number of fused-ring (bicyclic) bond motifs is 1. The zero-order valence-electron chi connectivity index (χ0n) is 12.3. The molecule has 1 aromatic carbocycles. The van der Waals surface area contributed by atoms with Crippen molar-refractivity contribution in [3.8, 4) is 0 Å². The van der Waals surface area contributed by atoms with E-state index in [0.717, 1.165) is 34.9 Å². The number of hydrogen-bond acceptors (Lipinski definition) is 3. The van der Waals surface area contributed by atoms with Crippen molar-refractivity contribution in [3.05, 3.63) is 46.8 Å². The van der Waals surface area contributed by atoms with Crippen molar-refractivity contribution >= 4 is 22.6 Å². The van der Waals surface area contributed by atoms with Gasteiger partial charge in [0.25, 0.3) is 0 Å². The summed E-state index contributed by atoms with van der Waals surface area (Å²) in [6.45, 7) is 4.87. The molecule has 5 nitrogen and oxygen atoms in total. The first-order valence-electron chi connectivity index (χ1n) is 6.89. The Labute approximate surface area is 128 Å². The van der Waals surface area contributed by atoms with Gasteiger partial charge in [-0.1, -0.05) is 11.6 Å². The van der Waals surface area contributed by atoms with Crippen LogP contribution >= 0.6 is 11.6 Å². The Bertz CT molecular complexity index is 760. The summed E-state index contributed by atoms with van der Waals surface area (Å²) >= 11 is 6.01. The maximum absolute atomic E-state index is 6.01. The van der Waals surface area contributed by atoms with E-state index in [1.54, 1.807) is 0 Å². The van der Waals surface area contributed by atoms with Crippen LogP contribution in [0.4, 0.5) is 0 Å². The molecule has 3 rings (SSSR count). The third kappa shape index (κ3) is 2.94.